The first-order valence-corrected chi connectivity index (χ1v) is 7.80. The van der Waals surface area contributed by atoms with Crippen molar-refractivity contribution in [1.29, 1.82) is 0 Å². The molecule has 5 nitrogen and oxygen atoms in total. The normalized spacial score (nSPS) is 17.5. The molecule has 2 amide bonds. The summed E-state index contributed by atoms with van der Waals surface area (Å²) in [4.78, 5) is 27.6. The number of aliphatic hydroxyl groups excluding tert-OH is 1. The highest BCUT2D eigenvalue weighted by molar-refractivity contribution is 5.84. The predicted molar refractivity (Wildman–Crippen MR) is 84.0 cm³/mol. The van der Waals surface area contributed by atoms with Crippen LogP contribution in [0, 0.1) is 0 Å². The van der Waals surface area contributed by atoms with Crippen molar-refractivity contribution in [2.75, 3.05) is 20.2 Å². The Kier molecular flexibility index (Phi) is 5.95. The SMILES string of the molecule is CN(Cc1ccccc1)C(=O)CCC(=O)N1CCC[C@H]1CO. The van der Waals surface area contributed by atoms with Crippen LogP contribution >= 0.6 is 0 Å². The molecule has 0 aromatic heterocycles. The Bertz CT molecular complexity index is 504. The zero-order valence-corrected chi connectivity index (χ0v) is 13.1. The van der Waals surface area contributed by atoms with E-state index in [1.165, 1.54) is 0 Å². The third-order valence-electron chi connectivity index (χ3n) is 4.15. The third-order valence-corrected chi connectivity index (χ3v) is 4.15. The molecule has 0 unspecified atom stereocenters. The van der Waals surface area contributed by atoms with E-state index in [1.807, 2.05) is 30.3 Å². The fourth-order valence-electron chi connectivity index (χ4n) is 2.85. The Labute approximate surface area is 131 Å². The Morgan fingerprint density at radius 2 is 2.00 bits per heavy atom. The van der Waals surface area contributed by atoms with Gasteiger partial charge in [-0.3, -0.25) is 9.59 Å². The quantitative estimate of drug-likeness (QED) is 0.864. The van der Waals surface area contributed by atoms with Crippen LogP contribution in [0.4, 0.5) is 0 Å². The molecule has 120 valence electrons. The number of carbonyl (C=O) groups is 2. The van der Waals surface area contributed by atoms with E-state index >= 15 is 0 Å². The van der Waals surface area contributed by atoms with Gasteiger partial charge in [-0.25, -0.2) is 0 Å². The van der Waals surface area contributed by atoms with Gasteiger partial charge in [0.2, 0.25) is 11.8 Å². The van der Waals surface area contributed by atoms with E-state index in [9.17, 15) is 14.7 Å². The monoisotopic (exact) mass is 304 g/mol. The molecule has 1 aliphatic rings. The largest absolute Gasteiger partial charge is 0.394 e. The van der Waals surface area contributed by atoms with Gasteiger partial charge in [0.15, 0.2) is 0 Å². The predicted octanol–water partition coefficient (Wildman–Crippen LogP) is 1.41. The lowest BCUT2D eigenvalue weighted by atomic mass is 10.2. The molecular formula is C17H24N2O3. The van der Waals surface area contributed by atoms with Crippen molar-refractivity contribution in [2.24, 2.45) is 0 Å². The van der Waals surface area contributed by atoms with Gasteiger partial charge in [0.1, 0.15) is 0 Å². The van der Waals surface area contributed by atoms with Crippen molar-refractivity contribution in [3.63, 3.8) is 0 Å². The van der Waals surface area contributed by atoms with E-state index in [0.717, 1.165) is 18.4 Å². The summed E-state index contributed by atoms with van der Waals surface area (Å²) >= 11 is 0. The molecular weight excluding hydrogens is 280 g/mol. The highest BCUT2D eigenvalue weighted by atomic mass is 16.3. The van der Waals surface area contributed by atoms with Crippen LogP contribution < -0.4 is 0 Å². The van der Waals surface area contributed by atoms with Crippen LogP contribution in [0.1, 0.15) is 31.2 Å². The van der Waals surface area contributed by atoms with Crippen molar-refractivity contribution in [1.82, 2.24) is 9.80 Å². The van der Waals surface area contributed by atoms with Crippen molar-refractivity contribution in [2.45, 2.75) is 38.3 Å². The maximum absolute atomic E-state index is 12.1. The molecule has 22 heavy (non-hydrogen) atoms. The van der Waals surface area contributed by atoms with E-state index < -0.39 is 0 Å². The first-order chi connectivity index (χ1) is 10.6. The fourth-order valence-corrected chi connectivity index (χ4v) is 2.85. The Morgan fingerprint density at radius 1 is 1.27 bits per heavy atom. The lowest BCUT2D eigenvalue weighted by Gasteiger charge is -2.23. The second kappa shape index (κ2) is 7.94. The molecule has 2 rings (SSSR count). The number of rotatable bonds is 6. The van der Waals surface area contributed by atoms with E-state index in [0.29, 0.717) is 13.1 Å². The van der Waals surface area contributed by atoms with Crippen LogP contribution in [0.2, 0.25) is 0 Å². The summed E-state index contributed by atoms with van der Waals surface area (Å²) in [5.74, 6) is -0.0602. The maximum Gasteiger partial charge on any atom is 0.223 e. The number of amides is 2. The summed E-state index contributed by atoms with van der Waals surface area (Å²) in [5, 5.41) is 9.25. The second-order valence-corrected chi connectivity index (χ2v) is 5.80. The van der Waals surface area contributed by atoms with Crippen LogP contribution in [0.25, 0.3) is 0 Å². The molecule has 1 aliphatic heterocycles. The minimum Gasteiger partial charge on any atom is -0.394 e. The topological polar surface area (TPSA) is 60.9 Å². The highest BCUT2D eigenvalue weighted by Crippen LogP contribution is 2.18. The zero-order chi connectivity index (χ0) is 15.9. The standard InChI is InChI=1S/C17H24N2O3/c1-18(12-14-6-3-2-4-7-14)16(21)9-10-17(22)19-11-5-8-15(19)13-20/h2-4,6-7,15,20H,5,8-13H2,1H3/t15-/m0/s1. The minimum absolute atomic E-state index is 0.00754. The average Bonchev–Trinajstić information content (AvgIpc) is 3.01. The molecule has 1 saturated heterocycles. The number of hydrogen-bond acceptors (Lipinski definition) is 3. The van der Waals surface area contributed by atoms with Crippen molar-refractivity contribution < 1.29 is 14.7 Å². The van der Waals surface area contributed by atoms with Gasteiger partial charge in [0.05, 0.1) is 12.6 Å². The number of hydrogen-bond donors (Lipinski definition) is 1. The number of benzene rings is 1. The summed E-state index contributed by atoms with van der Waals surface area (Å²) in [6.45, 7) is 1.25. The van der Waals surface area contributed by atoms with Gasteiger partial charge in [-0.2, -0.15) is 0 Å². The third kappa shape index (κ3) is 4.31. The smallest absolute Gasteiger partial charge is 0.223 e. The Balaban J connectivity index is 1.78. The van der Waals surface area contributed by atoms with Crippen molar-refractivity contribution in [3.8, 4) is 0 Å². The zero-order valence-electron chi connectivity index (χ0n) is 13.1. The van der Waals surface area contributed by atoms with E-state index in [4.69, 9.17) is 0 Å². The lowest BCUT2D eigenvalue weighted by molar-refractivity contribution is -0.137. The number of likely N-dealkylation sites (tertiary alicyclic amines) is 1. The van der Waals surface area contributed by atoms with Crippen molar-refractivity contribution >= 4 is 11.8 Å². The number of nitrogens with zero attached hydrogens (tertiary/aromatic N) is 2. The summed E-state index contributed by atoms with van der Waals surface area (Å²) in [6.07, 6.45) is 2.22. The molecule has 0 saturated carbocycles. The van der Waals surface area contributed by atoms with Crippen molar-refractivity contribution in [3.05, 3.63) is 35.9 Å². The van der Waals surface area contributed by atoms with Crippen LogP contribution in [0.5, 0.6) is 0 Å². The van der Waals surface area contributed by atoms with Gasteiger partial charge in [0, 0.05) is 33.0 Å². The maximum atomic E-state index is 12.1. The minimum atomic E-state index is -0.0651. The summed E-state index contributed by atoms with van der Waals surface area (Å²) in [5.41, 5.74) is 1.07. The van der Waals surface area contributed by atoms with Gasteiger partial charge in [-0.15, -0.1) is 0 Å². The first-order valence-electron chi connectivity index (χ1n) is 7.80. The Morgan fingerprint density at radius 3 is 2.68 bits per heavy atom. The number of aliphatic hydroxyl groups is 1. The molecule has 0 radical (unpaired) electrons. The second-order valence-electron chi connectivity index (χ2n) is 5.80. The molecule has 1 atom stereocenters. The lowest BCUT2D eigenvalue weighted by Crippen LogP contribution is -2.38. The molecule has 0 spiro atoms. The molecule has 1 N–H and O–H groups in total. The highest BCUT2D eigenvalue weighted by Gasteiger charge is 2.28. The summed E-state index contributed by atoms with van der Waals surface area (Å²) in [6, 6.07) is 9.72. The van der Waals surface area contributed by atoms with Crippen LogP contribution in [-0.2, 0) is 16.1 Å². The van der Waals surface area contributed by atoms with Gasteiger partial charge < -0.3 is 14.9 Å². The molecule has 1 aromatic carbocycles. The molecule has 0 bridgehead atoms. The first kappa shape index (κ1) is 16.5. The van der Waals surface area contributed by atoms with Gasteiger partial charge in [0.25, 0.3) is 0 Å². The average molecular weight is 304 g/mol. The summed E-state index contributed by atoms with van der Waals surface area (Å²) in [7, 11) is 1.76. The van der Waals surface area contributed by atoms with Gasteiger partial charge in [-0.1, -0.05) is 30.3 Å². The molecule has 0 aliphatic carbocycles. The van der Waals surface area contributed by atoms with Crippen LogP contribution in [-0.4, -0.2) is 53.0 Å². The van der Waals surface area contributed by atoms with E-state index in [1.54, 1.807) is 16.8 Å². The van der Waals surface area contributed by atoms with Gasteiger partial charge >= 0.3 is 0 Å². The molecule has 1 heterocycles. The van der Waals surface area contributed by atoms with Gasteiger partial charge in [-0.05, 0) is 18.4 Å². The van der Waals surface area contributed by atoms with Crippen LogP contribution in [0.3, 0.4) is 0 Å². The summed E-state index contributed by atoms with van der Waals surface area (Å²) < 4.78 is 0. The molecule has 1 fully saturated rings. The van der Waals surface area contributed by atoms with Crippen LogP contribution in [0.15, 0.2) is 30.3 Å². The number of carbonyl (C=O) groups excluding carboxylic acids is 2. The van der Waals surface area contributed by atoms with E-state index in [2.05, 4.69) is 0 Å². The molecule has 5 heteroatoms. The van der Waals surface area contributed by atoms with E-state index in [-0.39, 0.29) is 37.3 Å². The Hall–Kier alpha value is -1.88. The fraction of sp³-hybridized carbons (Fsp3) is 0.529. The molecule has 1 aromatic rings.